The minimum atomic E-state index is -0.364. The van der Waals surface area contributed by atoms with E-state index >= 15 is 0 Å². The van der Waals surface area contributed by atoms with Crippen molar-refractivity contribution >= 4 is 0 Å². The van der Waals surface area contributed by atoms with Gasteiger partial charge in [-0.05, 0) is 24.3 Å². The molecule has 0 spiro atoms. The molecule has 0 bridgehead atoms. The van der Waals surface area contributed by atoms with Crippen LogP contribution in [0, 0.1) is 11.3 Å². The van der Waals surface area contributed by atoms with E-state index in [1.807, 2.05) is 6.07 Å². The Kier molecular flexibility index (Phi) is 3.53. The van der Waals surface area contributed by atoms with Crippen molar-refractivity contribution in [2.45, 2.75) is 0 Å². The van der Waals surface area contributed by atoms with Gasteiger partial charge in [-0.15, -0.1) is 0 Å². The Morgan fingerprint density at radius 3 is 2.53 bits per heavy atom. The van der Waals surface area contributed by atoms with Crippen LogP contribution in [-0.2, 0) is 0 Å². The Labute approximate surface area is 110 Å². The van der Waals surface area contributed by atoms with Crippen LogP contribution < -0.4 is 15.0 Å². The number of nitrogens with zero attached hydrogens (tertiary/aromatic N) is 2. The van der Waals surface area contributed by atoms with Crippen LogP contribution in [0.15, 0.2) is 41.3 Å². The van der Waals surface area contributed by atoms with Gasteiger partial charge >= 0.3 is 0 Å². The lowest BCUT2D eigenvalue weighted by atomic mass is 10.2. The summed E-state index contributed by atoms with van der Waals surface area (Å²) in [5.41, 5.74) is 0.342. The zero-order valence-electron chi connectivity index (χ0n) is 10.6. The first-order valence-electron chi connectivity index (χ1n) is 5.55. The Balaban J connectivity index is 2.61. The molecule has 1 aromatic heterocycles. The Morgan fingerprint density at radius 2 is 1.89 bits per heavy atom. The molecule has 0 aliphatic rings. The van der Waals surface area contributed by atoms with Gasteiger partial charge in [0.15, 0.2) is 11.5 Å². The lowest BCUT2D eigenvalue weighted by molar-refractivity contribution is 0.355. The van der Waals surface area contributed by atoms with Crippen LogP contribution in [0.3, 0.4) is 0 Å². The van der Waals surface area contributed by atoms with Crippen molar-refractivity contribution in [2.24, 2.45) is 0 Å². The summed E-state index contributed by atoms with van der Waals surface area (Å²) < 4.78 is 11.7. The summed E-state index contributed by atoms with van der Waals surface area (Å²) in [5, 5.41) is 8.86. The van der Waals surface area contributed by atoms with Gasteiger partial charge < -0.3 is 9.47 Å². The predicted octanol–water partition coefficient (Wildman–Crippen LogP) is 1.73. The summed E-state index contributed by atoms with van der Waals surface area (Å²) in [6, 6.07) is 10.1. The number of pyridine rings is 1. The number of benzene rings is 1. The second-order valence-corrected chi connectivity index (χ2v) is 3.75. The normalized spacial score (nSPS) is 9.74. The van der Waals surface area contributed by atoms with Gasteiger partial charge in [0.05, 0.1) is 19.9 Å². The molecule has 0 radical (unpaired) electrons. The molecule has 19 heavy (non-hydrogen) atoms. The van der Waals surface area contributed by atoms with Crippen molar-refractivity contribution in [3.8, 4) is 23.3 Å². The molecule has 0 aliphatic carbocycles. The zero-order valence-corrected chi connectivity index (χ0v) is 10.6. The van der Waals surface area contributed by atoms with Crippen molar-refractivity contribution in [3.63, 3.8) is 0 Å². The number of hydrogen-bond acceptors (Lipinski definition) is 4. The Morgan fingerprint density at radius 1 is 1.16 bits per heavy atom. The summed E-state index contributed by atoms with van der Waals surface area (Å²) >= 11 is 0. The first-order valence-corrected chi connectivity index (χ1v) is 5.55. The van der Waals surface area contributed by atoms with Crippen LogP contribution in [0.25, 0.3) is 5.69 Å². The lowest BCUT2D eigenvalue weighted by Gasteiger charge is -2.11. The number of ether oxygens (including phenoxy) is 2. The third kappa shape index (κ3) is 2.29. The van der Waals surface area contributed by atoms with Crippen molar-refractivity contribution in [3.05, 3.63) is 52.4 Å². The van der Waals surface area contributed by atoms with Gasteiger partial charge in [0, 0.05) is 12.3 Å². The smallest absolute Gasteiger partial charge is 0.272 e. The molecule has 0 saturated carbocycles. The average Bonchev–Trinajstić information content (AvgIpc) is 2.46. The van der Waals surface area contributed by atoms with E-state index in [0.29, 0.717) is 17.2 Å². The van der Waals surface area contributed by atoms with Gasteiger partial charge in [-0.25, -0.2) is 0 Å². The number of hydrogen-bond donors (Lipinski definition) is 0. The van der Waals surface area contributed by atoms with E-state index in [2.05, 4.69) is 0 Å². The molecule has 0 unspecified atom stereocenters. The molecule has 5 nitrogen and oxygen atoms in total. The topological polar surface area (TPSA) is 64.2 Å². The molecule has 0 atom stereocenters. The van der Waals surface area contributed by atoms with E-state index < -0.39 is 0 Å². The Bertz CT molecular complexity index is 699. The molecule has 96 valence electrons. The largest absolute Gasteiger partial charge is 0.493 e. The number of methoxy groups -OCH3 is 2. The van der Waals surface area contributed by atoms with Crippen LogP contribution in [0.2, 0.25) is 0 Å². The van der Waals surface area contributed by atoms with Gasteiger partial charge in [-0.3, -0.25) is 9.36 Å². The molecule has 1 aromatic carbocycles. The average molecular weight is 256 g/mol. The molecule has 0 fully saturated rings. The van der Waals surface area contributed by atoms with Crippen molar-refractivity contribution in [1.29, 1.82) is 5.26 Å². The molecule has 2 rings (SSSR count). The Hall–Kier alpha value is -2.74. The van der Waals surface area contributed by atoms with Crippen molar-refractivity contribution in [1.82, 2.24) is 4.57 Å². The van der Waals surface area contributed by atoms with Crippen LogP contribution >= 0.6 is 0 Å². The van der Waals surface area contributed by atoms with E-state index in [1.165, 1.54) is 17.7 Å². The molecular formula is C14H12N2O3. The highest BCUT2D eigenvalue weighted by Crippen LogP contribution is 2.28. The molecule has 1 heterocycles. The van der Waals surface area contributed by atoms with Gasteiger partial charge in [-0.2, -0.15) is 5.26 Å². The molecule has 0 saturated heterocycles. The van der Waals surface area contributed by atoms with Crippen molar-refractivity contribution < 1.29 is 9.47 Å². The number of rotatable bonds is 3. The van der Waals surface area contributed by atoms with Gasteiger partial charge in [0.1, 0.15) is 11.6 Å². The first-order chi connectivity index (χ1) is 9.21. The molecule has 0 amide bonds. The fourth-order valence-corrected chi connectivity index (χ4v) is 1.76. The fraction of sp³-hybridized carbons (Fsp3) is 0.143. The van der Waals surface area contributed by atoms with Gasteiger partial charge in [-0.1, -0.05) is 0 Å². The van der Waals surface area contributed by atoms with Gasteiger partial charge in [0.2, 0.25) is 0 Å². The monoisotopic (exact) mass is 256 g/mol. The maximum atomic E-state index is 12.0. The van der Waals surface area contributed by atoms with Gasteiger partial charge in [0.25, 0.3) is 5.56 Å². The summed E-state index contributed by atoms with van der Waals surface area (Å²) in [6.45, 7) is 0. The van der Waals surface area contributed by atoms with E-state index in [4.69, 9.17) is 14.7 Å². The predicted molar refractivity (Wildman–Crippen MR) is 69.9 cm³/mol. The standard InChI is InChI=1S/C14H12N2O3/c1-18-12-6-5-11(8-13(12)19-2)16-7-3-4-10(9-15)14(16)17/h3-8H,1-2H3. The van der Waals surface area contributed by atoms with Crippen molar-refractivity contribution in [2.75, 3.05) is 14.2 Å². The molecule has 0 N–H and O–H groups in total. The lowest BCUT2D eigenvalue weighted by Crippen LogP contribution is -2.19. The summed E-state index contributed by atoms with van der Waals surface area (Å²) in [7, 11) is 3.07. The fourth-order valence-electron chi connectivity index (χ4n) is 1.76. The second-order valence-electron chi connectivity index (χ2n) is 3.75. The van der Waals surface area contributed by atoms with E-state index in [0.717, 1.165) is 0 Å². The van der Waals surface area contributed by atoms with Crippen LogP contribution in [0.5, 0.6) is 11.5 Å². The summed E-state index contributed by atoms with van der Waals surface area (Å²) in [5.74, 6) is 1.10. The van der Waals surface area contributed by atoms with E-state index in [9.17, 15) is 4.79 Å². The van der Waals surface area contributed by atoms with E-state index in [-0.39, 0.29) is 11.1 Å². The molecule has 0 aliphatic heterocycles. The minimum Gasteiger partial charge on any atom is -0.493 e. The molecule has 2 aromatic rings. The van der Waals surface area contributed by atoms with Crippen LogP contribution in [0.1, 0.15) is 5.56 Å². The first kappa shape index (κ1) is 12.7. The zero-order chi connectivity index (χ0) is 13.8. The summed E-state index contributed by atoms with van der Waals surface area (Å²) in [6.07, 6.45) is 1.60. The second kappa shape index (κ2) is 5.27. The quantitative estimate of drug-likeness (QED) is 0.838. The summed E-state index contributed by atoms with van der Waals surface area (Å²) in [4.78, 5) is 12.0. The highest BCUT2D eigenvalue weighted by molar-refractivity contribution is 5.49. The highest BCUT2D eigenvalue weighted by atomic mass is 16.5. The number of aromatic nitrogens is 1. The van der Waals surface area contributed by atoms with Crippen LogP contribution in [-0.4, -0.2) is 18.8 Å². The number of nitriles is 1. The highest BCUT2D eigenvalue weighted by Gasteiger charge is 2.08. The maximum Gasteiger partial charge on any atom is 0.272 e. The molecule has 5 heteroatoms. The maximum absolute atomic E-state index is 12.0. The molecular weight excluding hydrogens is 244 g/mol. The third-order valence-corrected chi connectivity index (χ3v) is 2.71. The SMILES string of the molecule is COc1ccc(-n2cccc(C#N)c2=O)cc1OC. The third-order valence-electron chi connectivity index (χ3n) is 2.71. The minimum absolute atomic E-state index is 0.0947. The van der Waals surface area contributed by atoms with Crippen LogP contribution in [0.4, 0.5) is 0 Å². The van der Waals surface area contributed by atoms with E-state index in [1.54, 1.807) is 37.6 Å².